The van der Waals surface area contributed by atoms with Gasteiger partial charge in [0, 0.05) is 12.2 Å². The molecule has 0 bridgehead atoms. The number of sulfone groups is 1. The Morgan fingerprint density at radius 1 is 1.41 bits per heavy atom. The van der Waals surface area contributed by atoms with Crippen molar-refractivity contribution in [3.63, 3.8) is 0 Å². The first-order valence-electron chi connectivity index (χ1n) is 5.29. The number of hydrogen-bond donors (Lipinski definition) is 1. The van der Waals surface area contributed by atoms with Gasteiger partial charge in [-0.2, -0.15) is 5.26 Å². The van der Waals surface area contributed by atoms with Gasteiger partial charge in [0.2, 0.25) is 5.95 Å². The second-order valence-electron chi connectivity index (χ2n) is 3.95. The Hall–Kier alpha value is -1.68. The van der Waals surface area contributed by atoms with Gasteiger partial charge in [-0.05, 0) is 18.9 Å². The predicted molar refractivity (Wildman–Crippen MR) is 62.0 cm³/mol. The van der Waals surface area contributed by atoms with Crippen molar-refractivity contribution >= 4 is 15.8 Å². The average Bonchev–Trinajstić information content (AvgIpc) is 2.32. The molecule has 0 amide bonds. The van der Waals surface area contributed by atoms with E-state index < -0.39 is 9.84 Å². The lowest BCUT2D eigenvalue weighted by Gasteiger charge is -2.22. The topological polar surface area (TPSA) is 95.7 Å². The maximum Gasteiger partial charge on any atom is 0.224 e. The van der Waals surface area contributed by atoms with Crippen LogP contribution < -0.4 is 5.32 Å². The molecule has 7 heteroatoms. The van der Waals surface area contributed by atoms with Crippen LogP contribution >= 0.6 is 0 Å². The number of rotatable bonds is 2. The molecule has 6 nitrogen and oxygen atoms in total. The molecule has 1 N–H and O–H groups in total. The van der Waals surface area contributed by atoms with E-state index in [0.717, 1.165) is 0 Å². The summed E-state index contributed by atoms with van der Waals surface area (Å²) >= 11 is 0. The maximum absolute atomic E-state index is 11.2. The van der Waals surface area contributed by atoms with Crippen LogP contribution in [0, 0.1) is 11.3 Å². The summed E-state index contributed by atoms with van der Waals surface area (Å²) < 4.78 is 22.5. The van der Waals surface area contributed by atoms with Gasteiger partial charge < -0.3 is 5.32 Å². The second kappa shape index (κ2) is 4.67. The van der Waals surface area contributed by atoms with E-state index >= 15 is 0 Å². The van der Waals surface area contributed by atoms with Crippen molar-refractivity contribution in [2.24, 2.45) is 0 Å². The second-order valence-corrected chi connectivity index (χ2v) is 6.25. The fourth-order valence-electron chi connectivity index (χ4n) is 1.71. The lowest BCUT2D eigenvalue weighted by molar-refractivity contribution is 0.558. The van der Waals surface area contributed by atoms with E-state index in [4.69, 9.17) is 5.26 Å². The van der Waals surface area contributed by atoms with Gasteiger partial charge in [0.05, 0.1) is 11.5 Å². The Morgan fingerprint density at radius 3 is 2.76 bits per heavy atom. The van der Waals surface area contributed by atoms with Crippen LogP contribution in [0.15, 0.2) is 12.3 Å². The van der Waals surface area contributed by atoms with Crippen LogP contribution in [-0.4, -0.2) is 35.9 Å². The summed E-state index contributed by atoms with van der Waals surface area (Å²) in [5.41, 5.74) is 0.297. The highest BCUT2D eigenvalue weighted by atomic mass is 32.2. The number of nitriles is 1. The summed E-state index contributed by atoms with van der Waals surface area (Å²) in [6, 6.07) is 3.52. The molecule has 0 aliphatic carbocycles. The molecule has 2 rings (SSSR count). The fourth-order valence-corrected chi connectivity index (χ4v) is 3.20. The van der Waals surface area contributed by atoms with Crippen LogP contribution in [0.3, 0.4) is 0 Å². The highest BCUT2D eigenvalue weighted by Gasteiger charge is 2.23. The van der Waals surface area contributed by atoms with Gasteiger partial charge in [0.15, 0.2) is 0 Å². The third-order valence-corrected chi connectivity index (χ3v) is 4.37. The summed E-state index contributed by atoms with van der Waals surface area (Å²) in [7, 11) is -2.85. The van der Waals surface area contributed by atoms with Crippen LogP contribution in [0.4, 0.5) is 5.95 Å². The summed E-state index contributed by atoms with van der Waals surface area (Å²) in [4.78, 5) is 7.98. The zero-order valence-corrected chi connectivity index (χ0v) is 9.94. The smallest absolute Gasteiger partial charge is 0.224 e. The number of hydrogen-bond acceptors (Lipinski definition) is 6. The Kier molecular flexibility index (Phi) is 3.24. The van der Waals surface area contributed by atoms with Crippen molar-refractivity contribution in [3.05, 3.63) is 18.0 Å². The first-order valence-corrected chi connectivity index (χ1v) is 7.11. The van der Waals surface area contributed by atoms with E-state index in [0.29, 0.717) is 24.5 Å². The third-order valence-electron chi connectivity index (χ3n) is 2.66. The van der Waals surface area contributed by atoms with Gasteiger partial charge in [-0.1, -0.05) is 0 Å². The summed E-state index contributed by atoms with van der Waals surface area (Å²) in [6.45, 7) is 0. The number of nitrogens with zero attached hydrogens (tertiary/aromatic N) is 3. The molecule has 1 fully saturated rings. The van der Waals surface area contributed by atoms with Crippen molar-refractivity contribution in [2.75, 3.05) is 16.8 Å². The van der Waals surface area contributed by atoms with Crippen molar-refractivity contribution in [3.8, 4) is 6.07 Å². The molecular formula is C10H12N4O2S. The molecule has 0 spiro atoms. The standard InChI is InChI=1S/C10H12N4O2S/c11-7-9-1-4-12-10(14-9)13-8-2-5-17(15,16)6-3-8/h1,4,8H,2-3,5-6H2,(H,12,13,14). The van der Waals surface area contributed by atoms with E-state index in [9.17, 15) is 8.42 Å². The Labute approximate surface area is 99.6 Å². The Balaban J connectivity index is 2.00. The van der Waals surface area contributed by atoms with E-state index in [1.54, 1.807) is 0 Å². The molecule has 2 heterocycles. The zero-order valence-electron chi connectivity index (χ0n) is 9.13. The quantitative estimate of drug-likeness (QED) is 0.815. The molecule has 0 radical (unpaired) electrons. The fraction of sp³-hybridized carbons (Fsp3) is 0.500. The first-order chi connectivity index (χ1) is 8.09. The van der Waals surface area contributed by atoms with Gasteiger partial charge in [-0.15, -0.1) is 0 Å². The highest BCUT2D eigenvalue weighted by molar-refractivity contribution is 7.91. The zero-order chi connectivity index (χ0) is 12.3. The molecule has 1 aliphatic rings. The molecule has 0 saturated carbocycles. The molecule has 17 heavy (non-hydrogen) atoms. The molecule has 90 valence electrons. The van der Waals surface area contributed by atoms with Crippen LogP contribution in [0.5, 0.6) is 0 Å². The normalized spacial score (nSPS) is 19.5. The van der Waals surface area contributed by atoms with Gasteiger partial charge >= 0.3 is 0 Å². The molecule has 1 saturated heterocycles. The largest absolute Gasteiger partial charge is 0.351 e. The summed E-state index contributed by atoms with van der Waals surface area (Å²) in [6.07, 6.45) is 2.62. The SMILES string of the molecule is N#Cc1ccnc(NC2CCS(=O)(=O)CC2)n1. The molecule has 1 aliphatic heterocycles. The Morgan fingerprint density at radius 2 is 2.12 bits per heavy atom. The van der Waals surface area contributed by atoms with E-state index in [1.807, 2.05) is 6.07 Å². The highest BCUT2D eigenvalue weighted by Crippen LogP contribution is 2.15. The van der Waals surface area contributed by atoms with Crippen LogP contribution in [0.25, 0.3) is 0 Å². The van der Waals surface area contributed by atoms with Crippen LogP contribution in [0.2, 0.25) is 0 Å². The number of anilines is 1. The maximum atomic E-state index is 11.2. The van der Waals surface area contributed by atoms with Crippen molar-refractivity contribution in [1.29, 1.82) is 5.26 Å². The van der Waals surface area contributed by atoms with Gasteiger partial charge in [-0.25, -0.2) is 18.4 Å². The number of aromatic nitrogens is 2. The monoisotopic (exact) mass is 252 g/mol. The molecular weight excluding hydrogens is 240 g/mol. The lowest BCUT2D eigenvalue weighted by atomic mass is 10.2. The molecule has 0 aromatic carbocycles. The van der Waals surface area contributed by atoms with Crippen molar-refractivity contribution in [2.45, 2.75) is 18.9 Å². The lowest BCUT2D eigenvalue weighted by Crippen LogP contribution is -2.32. The van der Waals surface area contributed by atoms with Crippen LogP contribution in [0.1, 0.15) is 18.5 Å². The molecule has 0 atom stereocenters. The summed E-state index contributed by atoms with van der Waals surface area (Å²) in [5.74, 6) is 0.777. The third kappa shape index (κ3) is 3.14. The van der Waals surface area contributed by atoms with Crippen LogP contribution in [-0.2, 0) is 9.84 Å². The molecule has 1 aromatic rings. The van der Waals surface area contributed by atoms with Crippen molar-refractivity contribution in [1.82, 2.24) is 9.97 Å². The summed E-state index contributed by atoms with van der Waals surface area (Å²) in [5, 5.41) is 11.7. The molecule has 1 aromatic heterocycles. The minimum absolute atomic E-state index is 0.0625. The van der Waals surface area contributed by atoms with E-state index in [2.05, 4.69) is 15.3 Å². The van der Waals surface area contributed by atoms with Crippen molar-refractivity contribution < 1.29 is 8.42 Å². The van der Waals surface area contributed by atoms with Gasteiger partial charge in [-0.3, -0.25) is 0 Å². The first kappa shape index (κ1) is 11.8. The van der Waals surface area contributed by atoms with E-state index in [1.165, 1.54) is 12.3 Å². The van der Waals surface area contributed by atoms with E-state index in [-0.39, 0.29) is 17.5 Å². The minimum Gasteiger partial charge on any atom is -0.351 e. The van der Waals surface area contributed by atoms with Gasteiger partial charge in [0.25, 0.3) is 0 Å². The van der Waals surface area contributed by atoms with Gasteiger partial charge in [0.1, 0.15) is 21.6 Å². The average molecular weight is 252 g/mol. The molecule has 0 unspecified atom stereocenters. The minimum atomic E-state index is -2.85. The predicted octanol–water partition coefficient (Wildman–Crippen LogP) is 0.337. The Bertz CT molecular complexity index is 536. The number of nitrogens with one attached hydrogen (secondary N) is 1.